The molecule has 5 nitrogen and oxygen atoms in total. The van der Waals surface area contributed by atoms with Gasteiger partial charge in [-0.25, -0.2) is 9.78 Å². The van der Waals surface area contributed by atoms with Crippen LogP contribution in [0.25, 0.3) is 0 Å². The molecule has 0 fully saturated rings. The molecule has 21 heavy (non-hydrogen) atoms. The summed E-state index contributed by atoms with van der Waals surface area (Å²) in [6.07, 6.45) is 0.742. The monoisotopic (exact) mass is 304 g/mol. The van der Waals surface area contributed by atoms with Crippen molar-refractivity contribution < 1.29 is 4.79 Å². The van der Waals surface area contributed by atoms with Crippen molar-refractivity contribution >= 4 is 23.1 Å². The third-order valence-electron chi connectivity index (χ3n) is 2.96. The smallest absolute Gasteiger partial charge is 0.319 e. The Balaban J connectivity index is 1.80. The number of carbonyl (C=O) groups excluding carboxylic acids is 1. The van der Waals surface area contributed by atoms with Gasteiger partial charge in [0.1, 0.15) is 0 Å². The van der Waals surface area contributed by atoms with Crippen LogP contribution >= 0.6 is 11.3 Å². The molecule has 0 aliphatic carbocycles. The topological polar surface area (TPSA) is 80.0 Å². The number of nitrogens with one attached hydrogen (secondary N) is 2. The lowest BCUT2D eigenvalue weighted by Gasteiger charge is -2.10. The summed E-state index contributed by atoms with van der Waals surface area (Å²) in [7, 11) is 0. The predicted molar refractivity (Wildman–Crippen MR) is 86.6 cm³/mol. The highest BCUT2D eigenvalue weighted by molar-refractivity contribution is 7.09. The van der Waals surface area contributed by atoms with Gasteiger partial charge < -0.3 is 16.4 Å². The number of carbonyl (C=O) groups is 1. The molecule has 112 valence electrons. The first-order chi connectivity index (χ1) is 10.0. The highest BCUT2D eigenvalue weighted by Gasteiger charge is 2.05. The van der Waals surface area contributed by atoms with E-state index in [1.165, 1.54) is 0 Å². The molecule has 2 rings (SSSR count). The van der Waals surface area contributed by atoms with Crippen molar-refractivity contribution in [1.29, 1.82) is 0 Å². The highest BCUT2D eigenvalue weighted by Crippen LogP contribution is 2.15. The Morgan fingerprint density at radius 2 is 2.29 bits per heavy atom. The first-order valence-corrected chi connectivity index (χ1v) is 7.74. The average Bonchev–Trinajstić information content (AvgIpc) is 2.84. The van der Waals surface area contributed by atoms with Crippen LogP contribution in [-0.2, 0) is 6.42 Å². The maximum atomic E-state index is 11.8. The van der Waals surface area contributed by atoms with Gasteiger partial charge in [-0.3, -0.25) is 0 Å². The molecule has 0 saturated carbocycles. The molecule has 1 atom stereocenters. The largest absolute Gasteiger partial charge is 0.337 e. The van der Waals surface area contributed by atoms with Gasteiger partial charge in [0, 0.05) is 35.8 Å². The predicted octanol–water partition coefficient (Wildman–Crippen LogP) is 2.84. The van der Waals surface area contributed by atoms with Gasteiger partial charge in [0.2, 0.25) is 0 Å². The normalized spacial score (nSPS) is 12.0. The van der Waals surface area contributed by atoms with Crippen LogP contribution in [0.15, 0.2) is 29.6 Å². The lowest BCUT2D eigenvalue weighted by Crippen LogP contribution is -2.30. The Labute approximate surface area is 128 Å². The molecule has 0 radical (unpaired) electrons. The molecule has 0 spiro atoms. The van der Waals surface area contributed by atoms with E-state index in [-0.39, 0.29) is 12.1 Å². The number of hydrogen-bond acceptors (Lipinski definition) is 4. The van der Waals surface area contributed by atoms with Gasteiger partial charge in [0.25, 0.3) is 0 Å². The molecule has 6 heteroatoms. The molecule has 1 heterocycles. The van der Waals surface area contributed by atoms with Crippen molar-refractivity contribution in [2.24, 2.45) is 5.73 Å². The number of rotatable bonds is 5. The summed E-state index contributed by atoms with van der Waals surface area (Å²) in [6, 6.07) is 7.28. The number of aryl methyl sites for hydroxylation is 1. The Kier molecular flexibility index (Phi) is 5.30. The summed E-state index contributed by atoms with van der Waals surface area (Å²) in [5, 5.41) is 8.67. The van der Waals surface area contributed by atoms with E-state index in [0.717, 1.165) is 28.4 Å². The van der Waals surface area contributed by atoms with Crippen molar-refractivity contribution in [1.82, 2.24) is 10.3 Å². The Morgan fingerprint density at radius 1 is 1.48 bits per heavy atom. The van der Waals surface area contributed by atoms with Crippen LogP contribution in [0.5, 0.6) is 0 Å². The number of nitrogens with two attached hydrogens (primary N) is 1. The van der Waals surface area contributed by atoms with E-state index in [0.29, 0.717) is 6.54 Å². The molecular formula is C15H20N4OS. The summed E-state index contributed by atoms with van der Waals surface area (Å²) < 4.78 is 0. The third kappa shape index (κ3) is 4.84. The zero-order chi connectivity index (χ0) is 15.2. The lowest BCUT2D eigenvalue weighted by molar-refractivity contribution is 0.252. The third-order valence-corrected chi connectivity index (χ3v) is 3.99. The van der Waals surface area contributed by atoms with Crippen LogP contribution in [0.4, 0.5) is 10.5 Å². The van der Waals surface area contributed by atoms with E-state index in [1.807, 2.05) is 43.5 Å². The molecule has 0 aliphatic heterocycles. The zero-order valence-corrected chi connectivity index (χ0v) is 13.0. The molecule has 2 amide bonds. The minimum absolute atomic E-state index is 0.0528. The molecule has 1 aromatic carbocycles. The van der Waals surface area contributed by atoms with Crippen LogP contribution in [0.3, 0.4) is 0 Å². The van der Waals surface area contributed by atoms with Crippen molar-refractivity contribution in [3.63, 3.8) is 0 Å². The van der Waals surface area contributed by atoms with Gasteiger partial charge >= 0.3 is 6.03 Å². The fourth-order valence-corrected chi connectivity index (χ4v) is 2.65. The molecule has 0 aliphatic rings. The second kappa shape index (κ2) is 7.19. The summed E-state index contributed by atoms with van der Waals surface area (Å²) in [5.41, 5.74) is 8.58. The van der Waals surface area contributed by atoms with Gasteiger partial charge in [-0.1, -0.05) is 12.1 Å². The molecule has 4 N–H and O–H groups in total. The van der Waals surface area contributed by atoms with E-state index in [2.05, 4.69) is 15.6 Å². The van der Waals surface area contributed by atoms with E-state index >= 15 is 0 Å². The van der Waals surface area contributed by atoms with Gasteiger partial charge in [-0.15, -0.1) is 11.3 Å². The fourth-order valence-electron chi connectivity index (χ4n) is 1.88. The average molecular weight is 304 g/mol. The van der Waals surface area contributed by atoms with E-state index < -0.39 is 0 Å². The number of hydrogen-bond donors (Lipinski definition) is 3. The second-order valence-corrected chi connectivity index (χ2v) is 5.87. The van der Waals surface area contributed by atoms with Crippen molar-refractivity contribution in [3.05, 3.63) is 45.9 Å². The molecule has 0 saturated heterocycles. The van der Waals surface area contributed by atoms with Crippen LogP contribution in [-0.4, -0.2) is 17.6 Å². The fraction of sp³-hybridized carbons (Fsp3) is 0.333. The molecule has 2 aromatic rings. The van der Waals surface area contributed by atoms with Crippen molar-refractivity contribution in [3.8, 4) is 0 Å². The lowest BCUT2D eigenvalue weighted by atomic mass is 10.1. The van der Waals surface area contributed by atoms with Crippen LogP contribution < -0.4 is 16.4 Å². The van der Waals surface area contributed by atoms with Gasteiger partial charge in [-0.05, 0) is 31.5 Å². The Morgan fingerprint density at radius 3 is 2.95 bits per heavy atom. The number of thiazole rings is 1. The number of benzene rings is 1. The summed E-state index contributed by atoms with van der Waals surface area (Å²) in [6.45, 7) is 4.44. The van der Waals surface area contributed by atoms with Crippen LogP contribution in [0.2, 0.25) is 0 Å². The molecular weight excluding hydrogens is 284 g/mol. The highest BCUT2D eigenvalue weighted by atomic mass is 32.1. The first-order valence-electron chi connectivity index (χ1n) is 6.86. The Bertz CT molecular complexity index is 609. The zero-order valence-electron chi connectivity index (χ0n) is 12.2. The summed E-state index contributed by atoms with van der Waals surface area (Å²) in [5.74, 6) is 0. The summed E-state index contributed by atoms with van der Waals surface area (Å²) in [4.78, 5) is 16.2. The van der Waals surface area contributed by atoms with E-state index in [9.17, 15) is 4.79 Å². The summed E-state index contributed by atoms with van der Waals surface area (Å²) >= 11 is 1.61. The Hall–Kier alpha value is -1.92. The van der Waals surface area contributed by atoms with Crippen molar-refractivity contribution in [2.45, 2.75) is 26.3 Å². The SMILES string of the molecule is Cc1csc(CCNC(=O)Nc2cccc(C(C)N)c2)n1. The van der Waals surface area contributed by atoms with E-state index in [1.54, 1.807) is 11.3 Å². The maximum absolute atomic E-state index is 11.8. The van der Waals surface area contributed by atoms with Gasteiger partial charge in [-0.2, -0.15) is 0 Å². The maximum Gasteiger partial charge on any atom is 0.319 e. The van der Waals surface area contributed by atoms with Crippen LogP contribution in [0, 0.1) is 6.92 Å². The second-order valence-electron chi connectivity index (χ2n) is 4.93. The molecule has 0 bridgehead atoms. The minimum atomic E-state index is -0.217. The number of nitrogens with zero attached hydrogens (tertiary/aromatic N) is 1. The van der Waals surface area contributed by atoms with Gasteiger partial charge in [0.15, 0.2) is 0 Å². The number of amides is 2. The van der Waals surface area contributed by atoms with Gasteiger partial charge in [0.05, 0.1) is 5.01 Å². The first kappa shape index (κ1) is 15.5. The number of aromatic nitrogens is 1. The number of urea groups is 1. The minimum Gasteiger partial charge on any atom is -0.337 e. The molecule has 1 unspecified atom stereocenters. The molecule has 1 aromatic heterocycles. The van der Waals surface area contributed by atoms with Crippen molar-refractivity contribution in [2.75, 3.05) is 11.9 Å². The number of anilines is 1. The standard InChI is InChI=1S/C15H20N4OS/c1-10-9-21-14(18-10)6-7-17-15(20)19-13-5-3-4-12(8-13)11(2)16/h3-5,8-9,11H,6-7,16H2,1-2H3,(H2,17,19,20). The quantitative estimate of drug-likeness (QED) is 0.794. The van der Waals surface area contributed by atoms with E-state index in [4.69, 9.17) is 5.73 Å². The van der Waals surface area contributed by atoms with Crippen LogP contribution in [0.1, 0.15) is 29.2 Å².